The minimum absolute atomic E-state index is 0.0480. The quantitative estimate of drug-likeness (QED) is 0.0724. The molecule has 41 heavy (non-hydrogen) atoms. The number of esters is 4. The van der Waals surface area contributed by atoms with Gasteiger partial charge >= 0.3 is 23.9 Å². The van der Waals surface area contributed by atoms with E-state index in [0.717, 1.165) is 77.0 Å². The molecule has 0 heterocycles. The van der Waals surface area contributed by atoms with E-state index >= 15 is 0 Å². The van der Waals surface area contributed by atoms with E-state index in [1.165, 1.54) is 12.1 Å². The monoisotopic (exact) mass is 576 g/mol. The summed E-state index contributed by atoms with van der Waals surface area (Å²) in [5.74, 6) is -2.65. The SMILES string of the molecule is CCCCCCC(=O)Oc1cc(C(=O)OCCCCC)cc(OC(=O)CCCCCC)c1OC(=O)CCCCCC. The van der Waals surface area contributed by atoms with Crippen LogP contribution < -0.4 is 14.2 Å². The number of rotatable bonds is 23. The van der Waals surface area contributed by atoms with Crippen molar-refractivity contribution >= 4 is 23.9 Å². The van der Waals surface area contributed by atoms with Crippen molar-refractivity contribution in [2.24, 2.45) is 0 Å². The first kappa shape index (κ1) is 36.1. The maximum atomic E-state index is 12.9. The molecule has 0 fully saturated rings. The zero-order valence-electron chi connectivity index (χ0n) is 25.9. The Hall–Kier alpha value is -2.90. The third-order valence-corrected chi connectivity index (χ3v) is 6.60. The van der Waals surface area contributed by atoms with Crippen molar-refractivity contribution in [1.29, 1.82) is 0 Å². The second kappa shape index (κ2) is 22.8. The van der Waals surface area contributed by atoms with Gasteiger partial charge in [0, 0.05) is 19.3 Å². The van der Waals surface area contributed by atoms with Gasteiger partial charge < -0.3 is 18.9 Å². The molecule has 1 rings (SSSR count). The Morgan fingerprint density at radius 3 is 1.32 bits per heavy atom. The van der Waals surface area contributed by atoms with Gasteiger partial charge in [0.1, 0.15) is 0 Å². The number of carbonyl (C=O) groups excluding carboxylic acids is 4. The van der Waals surface area contributed by atoms with E-state index < -0.39 is 23.9 Å². The molecule has 8 heteroatoms. The molecular weight excluding hydrogens is 524 g/mol. The van der Waals surface area contributed by atoms with Gasteiger partial charge in [0.25, 0.3) is 0 Å². The lowest BCUT2D eigenvalue weighted by molar-refractivity contribution is -0.138. The maximum absolute atomic E-state index is 12.9. The Kier molecular flexibility index (Phi) is 20.0. The Labute approximate surface area is 246 Å². The molecule has 1 aromatic carbocycles. The van der Waals surface area contributed by atoms with Crippen LogP contribution in [0, 0.1) is 0 Å². The fourth-order valence-corrected chi connectivity index (χ4v) is 4.15. The number of benzene rings is 1. The van der Waals surface area contributed by atoms with Crippen molar-refractivity contribution in [1.82, 2.24) is 0 Å². The summed E-state index contributed by atoms with van der Waals surface area (Å²) < 4.78 is 22.3. The van der Waals surface area contributed by atoms with Gasteiger partial charge in [-0.1, -0.05) is 98.3 Å². The number of unbranched alkanes of at least 4 members (excludes halogenated alkanes) is 11. The maximum Gasteiger partial charge on any atom is 0.338 e. The normalized spacial score (nSPS) is 10.7. The van der Waals surface area contributed by atoms with Gasteiger partial charge in [0.2, 0.25) is 5.75 Å². The first-order chi connectivity index (χ1) is 19.9. The Morgan fingerprint density at radius 1 is 0.512 bits per heavy atom. The number of ether oxygens (including phenoxy) is 4. The van der Waals surface area contributed by atoms with Crippen LogP contribution in [0.25, 0.3) is 0 Å². The molecule has 0 radical (unpaired) electrons. The second-order valence-corrected chi connectivity index (χ2v) is 10.5. The highest BCUT2D eigenvalue weighted by Gasteiger charge is 2.25. The summed E-state index contributed by atoms with van der Waals surface area (Å²) in [6, 6.07) is 2.65. The summed E-state index contributed by atoms with van der Waals surface area (Å²) in [5.41, 5.74) is 0.0480. The first-order valence-electron chi connectivity index (χ1n) is 15.8. The zero-order chi connectivity index (χ0) is 30.3. The van der Waals surface area contributed by atoms with Gasteiger partial charge in [-0.3, -0.25) is 14.4 Å². The van der Waals surface area contributed by atoms with Gasteiger partial charge in [0.15, 0.2) is 11.5 Å². The number of hydrogen-bond acceptors (Lipinski definition) is 8. The van der Waals surface area contributed by atoms with Crippen molar-refractivity contribution in [2.45, 2.75) is 143 Å². The Bertz CT molecular complexity index is 877. The minimum Gasteiger partial charge on any atom is -0.462 e. The van der Waals surface area contributed by atoms with Crippen molar-refractivity contribution in [3.8, 4) is 17.2 Å². The number of carbonyl (C=O) groups is 4. The number of hydrogen-bond donors (Lipinski definition) is 0. The van der Waals surface area contributed by atoms with Crippen LogP contribution in [-0.4, -0.2) is 30.5 Å². The lowest BCUT2D eigenvalue weighted by Crippen LogP contribution is -2.16. The summed E-state index contributed by atoms with van der Waals surface area (Å²) in [6.45, 7) is 8.54. The molecule has 0 saturated heterocycles. The second-order valence-electron chi connectivity index (χ2n) is 10.5. The largest absolute Gasteiger partial charge is 0.462 e. The van der Waals surface area contributed by atoms with Crippen molar-refractivity contribution in [3.05, 3.63) is 17.7 Å². The molecule has 0 amide bonds. The highest BCUT2D eigenvalue weighted by Crippen LogP contribution is 2.40. The van der Waals surface area contributed by atoms with E-state index in [0.29, 0.717) is 19.3 Å². The highest BCUT2D eigenvalue weighted by molar-refractivity contribution is 5.92. The van der Waals surface area contributed by atoms with Crippen LogP contribution in [0.4, 0.5) is 0 Å². The van der Waals surface area contributed by atoms with Crippen LogP contribution in [0.1, 0.15) is 154 Å². The summed E-state index contributed by atoms with van der Waals surface area (Å²) in [6.07, 6.45) is 13.8. The van der Waals surface area contributed by atoms with Crippen LogP contribution >= 0.6 is 0 Å². The zero-order valence-corrected chi connectivity index (χ0v) is 25.9. The van der Waals surface area contributed by atoms with Gasteiger partial charge in [-0.2, -0.15) is 0 Å². The molecule has 0 aliphatic heterocycles. The lowest BCUT2D eigenvalue weighted by Gasteiger charge is -2.16. The van der Waals surface area contributed by atoms with Crippen LogP contribution in [0.5, 0.6) is 17.2 Å². The van der Waals surface area contributed by atoms with Gasteiger partial charge in [-0.15, -0.1) is 0 Å². The van der Waals surface area contributed by atoms with Crippen LogP contribution in [0.15, 0.2) is 12.1 Å². The van der Waals surface area contributed by atoms with Gasteiger partial charge in [0.05, 0.1) is 12.2 Å². The van der Waals surface area contributed by atoms with Crippen molar-refractivity contribution in [3.63, 3.8) is 0 Å². The molecule has 0 atom stereocenters. The Morgan fingerprint density at radius 2 is 0.902 bits per heavy atom. The van der Waals surface area contributed by atoms with E-state index in [2.05, 4.69) is 27.7 Å². The summed E-state index contributed by atoms with van der Waals surface area (Å²) in [5, 5.41) is 0. The molecule has 0 spiro atoms. The third-order valence-electron chi connectivity index (χ3n) is 6.60. The predicted molar refractivity (Wildman–Crippen MR) is 159 cm³/mol. The standard InChI is InChI=1S/C33H52O8/c1-5-9-13-16-20-29(34)39-27-24-26(33(37)38-23-19-12-8-4)25-28(40-30(35)21-17-14-10-6-2)32(27)41-31(36)22-18-15-11-7-3/h24-25H,5-23H2,1-4H3. The topological polar surface area (TPSA) is 105 Å². The molecule has 8 nitrogen and oxygen atoms in total. The van der Waals surface area contributed by atoms with E-state index in [1.54, 1.807) is 0 Å². The molecule has 0 aliphatic rings. The average molecular weight is 577 g/mol. The molecule has 0 saturated carbocycles. The molecule has 0 aromatic heterocycles. The van der Waals surface area contributed by atoms with Gasteiger partial charge in [-0.25, -0.2) is 4.79 Å². The molecule has 0 bridgehead atoms. The third kappa shape index (κ3) is 16.2. The molecule has 0 aliphatic carbocycles. The minimum atomic E-state index is -0.640. The first-order valence-corrected chi connectivity index (χ1v) is 15.8. The predicted octanol–water partition coefficient (Wildman–Crippen LogP) is 8.66. The summed E-state index contributed by atoms with van der Waals surface area (Å²) in [7, 11) is 0. The molecule has 232 valence electrons. The fraction of sp³-hybridized carbons (Fsp3) is 0.697. The van der Waals surface area contributed by atoms with E-state index in [4.69, 9.17) is 18.9 Å². The molecular formula is C33H52O8. The van der Waals surface area contributed by atoms with E-state index in [9.17, 15) is 19.2 Å². The smallest absolute Gasteiger partial charge is 0.338 e. The van der Waals surface area contributed by atoms with Crippen molar-refractivity contribution < 1.29 is 38.1 Å². The Balaban J connectivity index is 3.31. The van der Waals surface area contributed by atoms with Crippen LogP contribution in [0.2, 0.25) is 0 Å². The summed E-state index contributed by atoms with van der Waals surface area (Å²) >= 11 is 0. The fourth-order valence-electron chi connectivity index (χ4n) is 4.15. The molecule has 1 aromatic rings. The van der Waals surface area contributed by atoms with E-state index in [1.807, 2.05) is 0 Å². The average Bonchev–Trinajstić information content (AvgIpc) is 2.95. The van der Waals surface area contributed by atoms with Gasteiger partial charge in [-0.05, 0) is 37.8 Å². The van der Waals surface area contributed by atoms with Crippen molar-refractivity contribution in [2.75, 3.05) is 6.61 Å². The highest BCUT2D eigenvalue weighted by atomic mass is 16.6. The van der Waals surface area contributed by atoms with E-state index in [-0.39, 0.29) is 48.7 Å². The van der Waals surface area contributed by atoms with Crippen LogP contribution in [0.3, 0.4) is 0 Å². The molecule has 0 N–H and O–H groups in total. The van der Waals surface area contributed by atoms with Crippen LogP contribution in [-0.2, 0) is 19.1 Å². The molecule has 0 unspecified atom stereocenters. The lowest BCUT2D eigenvalue weighted by atomic mass is 10.1. The summed E-state index contributed by atoms with van der Waals surface area (Å²) in [4.78, 5) is 51.1.